The van der Waals surface area contributed by atoms with E-state index in [1.165, 1.54) is 0 Å². The number of aliphatic hydroxyl groups is 1. The lowest BCUT2D eigenvalue weighted by molar-refractivity contribution is -0.131. The van der Waals surface area contributed by atoms with E-state index in [9.17, 15) is 14.7 Å². The number of carbonyl (C=O) groups is 2. The molecule has 4 heteroatoms. The molecule has 1 rings (SSSR count). The Bertz CT molecular complexity index is 626. The van der Waals surface area contributed by atoms with Crippen LogP contribution < -0.4 is 0 Å². The van der Waals surface area contributed by atoms with Gasteiger partial charge in [-0.1, -0.05) is 19.9 Å². The summed E-state index contributed by atoms with van der Waals surface area (Å²) >= 11 is 0. The molecule has 0 aromatic rings. The number of terminal acetylenes is 1. The van der Waals surface area contributed by atoms with Crippen LogP contribution in [0.5, 0.6) is 0 Å². The smallest absolute Gasteiger partial charge is 0.328 e. The molecular weight excluding hydrogens is 280 g/mol. The third kappa shape index (κ3) is 3.37. The number of carboxylic acid groups (broad SMARTS) is 1. The summed E-state index contributed by atoms with van der Waals surface area (Å²) in [6.45, 7) is 6.95. The van der Waals surface area contributed by atoms with Crippen LogP contribution in [0.2, 0.25) is 0 Å². The maximum absolute atomic E-state index is 12.2. The van der Waals surface area contributed by atoms with Crippen LogP contribution >= 0.6 is 0 Å². The minimum absolute atomic E-state index is 0.0451. The van der Waals surface area contributed by atoms with Gasteiger partial charge in [0.25, 0.3) is 0 Å². The highest BCUT2D eigenvalue weighted by Gasteiger charge is 2.49. The first kappa shape index (κ1) is 17.9. The van der Waals surface area contributed by atoms with Crippen LogP contribution in [0.1, 0.15) is 40.5 Å². The average Bonchev–Trinajstić information content (AvgIpc) is 2.38. The topological polar surface area (TPSA) is 74.6 Å². The Hall–Kier alpha value is -2.12. The second kappa shape index (κ2) is 6.33. The maximum atomic E-state index is 12.2. The van der Waals surface area contributed by atoms with Crippen molar-refractivity contribution in [3.63, 3.8) is 0 Å². The van der Waals surface area contributed by atoms with Gasteiger partial charge in [0.2, 0.25) is 0 Å². The molecular formula is C18H22O4. The molecule has 0 fully saturated rings. The van der Waals surface area contributed by atoms with Crippen molar-refractivity contribution in [3.8, 4) is 12.3 Å². The first-order valence-electron chi connectivity index (χ1n) is 7.05. The predicted octanol–water partition coefficient (Wildman–Crippen LogP) is 2.64. The molecule has 0 saturated heterocycles. The van der Waals surface area contributed by atoms with Crippen LogP contribution in [0, 0.1) is 17.8 Å². The van der Waals surface area contributed by atoms with Crippen molar-refractivity contribution in [3.05, 3.63) is 34.9 Å². The van der Waals surface area contributed by atoms with Gasteiger partial charge < -0.3 is 10.2 Å². The lowest BCUT2D eigenvalue weighted by atomic mass is 9.62. The zero-order valence-corrected chi connectivity index (χ0v) is 13.4. The van der Waals surface area contributed by atoms with Crippen LogP contribution in [-0.4, -0.2) is 27.6 Å². The molecule has 0 saturated carbocycles. The van der Waals surface area contributed by atoms with Crippen molar-refractivity contribution in [2.24, 2.45) is 5.41 Å². The quantitative estimate of drug-likeness (QED) is 0.475. The van der Waals surface area contributed by atoms with E-state index in [0.717, 1.165) is 6.08 Å². The summed E-state index contributed by atoms with van der Waals surface area (Å²) < 4.78 is 0. The van der Waals surface area contributed by atoms with Gasteiger partial charge in [0.05, 0.1) is 0 Å². The van der Waals surface area contributed by atoms with E-state index in [1.54, 1.807) is 26.0 Å². The summed E-state index contributed by atoms with van der Waals surface area (Å²) in [6, 6.07) is 0. The minimum Gasteiger partial charge on any atom is -0.478 e. The van der Waals surface area contributed by atoms with Crippen molar-refractivity contribution in [1.82, 2.24) is 0 Å². The molecule has 1 atom stereocenters. The fourth-order valence-electron chi connectivity index (χ4n) is 2.77. The summed E-state index contributed by atoms with van der Waals surface area (Å²) in [4.78, 5) is 22.9. The molecule has 118 valence electrons. The number of carbonyl (C=O) groups excluding carboxylic acids is 1. The van der Waals surface area contributed by atoms with Crippen molar-refractivity contribution in [2.45, 2.75) is 46.1 Å². The fourth-order valence-corrected chi connectivity index (χ4v) is 2.77. The van der Waals surface area contributed by atoms with Gasteiger partial charge in [-0.3, -0.25) is 4.79 Å². The number of allylic oxidation sites excluding steroid dienone is 3. The van der Waals surface area contributed by atoms with Gasteiger partial charge in [-0.05, 0) is 31.1 Å². The summed E-state index contributed by atoms with van der Waals surface area (Å²) in [5.41, 5.74) is -0.549. The number of carboxylic acids is 1. The highest BCUT2D eigenvalue weighted by atomic mass is 16.4. The van der Waals surface area contributed by atoms with Gasteiger partial charge in [-0.2, -0.15) is 0 Å². The Kier molecular flexibility index (Phi) is 5.16. The zero-order valence-electron chi connectivity index (χ0n) is 13.4. The van der Waals surface area contributed by atoms with E-state index in [-0.39, 0.29) is 18.6 Å². The standard InChI is InChI=1S/C18H22O4/c1-6-7-14-13(3)18(22,17(4,5)11-15(14)19)9-8-12(2)10-16(20)21/h1,8-10,22H,7,11H2,2-5H3,(H,20,21)/b9-8+,12-10-/t18-/m0/s1. The zero-order chi connectivity index (χ0) is 17.1. The molecule has 0 aliphatic heterocycles. The molecule has 0 bridgehead atoms. The monoisotopic (exact) mass is 302 g/mol. The van der Waals surface area contributed by atoms with Gasteiger partial charge in [0.15, 0.2) is 5.78 Å². The molecule has 0 aromatic carbocycles. The van der Waals surface area contributed by atoms with Gasteiger partial charge >= 0.3 is 5.97 Å². The number of ketones is 1. The van der Waals surface area contributed by atoms with Gasteiger partial charge in [0, 0.05) is 29.9 Å². The SMILES string of the molecule is C#CCC1=C(C)[C@@](O)(/C=C/C(C)=C\C(=O)O)C(C)(C)CC1=O. The maximum Gasteiger partial charge on any atom is 0.328 e. The molecule has 0 unspecified atom stereocenters. The van der Waals surface area contributed by atoms with Gasteiger partial charge in [-0.25, -0.2) is 4.79 Å². The first-order valence-corrected chi connectivity index (χ1v) is 7.05. The van der Waals surface area contributed by atoms with E-state index in [0.29, 0.717) is 16.7 Å². The summed E-state index contributed by atoms with van der Waals surface area (Å²) in [5.74, 6) is 1.36. The Labute approximate surface area is 131 Å². The average molecular weight is 302 g/mol. The molecule has 2 N–H and O–H groups in total. The number of hydrogen-bond acceptors (Lipinski definition) is 3. The molecule has 1 aliphatic carbocycles. The second-order valence-electron chi connectivity index (χ2n) is 6.29. The normalized spacial score (nSPS) is 25.5. The number of Topliss-reactive ketones (excluding diaryl/α,β-unsaturated/α-hetero) is 1. The van der Waals surface area contributed by atoms with Crippen molar-refractivity contribution >= 4 is 11.8 Å². The third-order valence-electron chi connectivity index (χ3n) is 4.21. The Morgan fingerprint density at radius 2 is 2.05 bits per heavy atom. The van der Waals surface area contributed by atoms with Crippen molar-refractivity contribution in [2.75, 3.05) is 0 Å². The molecule has 4 nitrogen and oxygen atoms in total. The Morgan fingerprint density at radius 3 is 2.55 bits per heavy atom. The second-order valence-corrected chi connectivity index (χ2v) is 6.29. The Balaban J connectivity index is 3.38. The summed E-state index contributed by atoms with van der Waals surface area (Å²) in [5, 5.41) is 19.9. The van der Waals surface area contributed by atoms with Crippen LogP contribution in [0.15, 0.2) is 34.9 Å². The van der Waals surface area contributed by atoms with Crippen LogP contribution in [0.25, 0.3) is 0 Å². The largest absolute Gasteiger partial charge is 0.478 e. The van der Waals surface area contributed by atoms with E-state index in [2.05, 4.69) is 5.92 Å². The van der Waals surface area contributed by atoms with E-state index < -0.39 is 17.0 Å². The molecule has 0 spiro atoms. The Morgan fingerprint density at radius 1 is 1.45 bits per heavy atom. The lowest BCUT2D eigenvalue weighted by Gasteiger charge is -2.45. The molecule has 0 heterocycles. The number of aliphatic carboxylic acids is 1. The molecule has 22 heavy (non-hydrogen) atoms. The minimum atomic E-state index is -1.35. The molecule has 0 aromatic heterocycles. The van der Waals surface area contributed by atoms with Crippen LogP contribution in [0.3, 0.4) is 0 Å². The number of hydrogen-bond donors (Lipinski definition) is 2. The third-order valence-corrected chi connectivity index (χ3v) is 4.21. The van der Waals surface area contributed by atoms with Gasteiger partial charge in [0.1, 0.15) is 5.60 Å². The summed E-state index contributed by atoms with van der Waals surface area (Å²) in [7, 11) is 0. The van der Waals surface area contributed by atoms with E-state index in [4.69, 9.17) is 11.5 Å². The van der Waals surface area contributed by atoms with Crippen molar-refractivity contribution in [1.29, 1.82) is 0 Å². The van der Waals surface area contributed by atoms with E-state index >= 15 is 0 Å². The van der Waals surface area contributed by atoms with E-state index in [1.807, 2.05) is 13.8 Å². The molecule has 1 aliphatic rings. The van der Waals surface area contributed by atoms with Gasteiger partial charge in [-0.15, -0.1) is 12.3 Å². The molecule has 0 amide bonds. The highest BCUT2D eigenvalue weighted by Crippen LogP contribution is 2.47. The predicted molar refractivity (Wildman–Crippen MR) is 85.0 cm³/mol. The summed E-state index contributed by atoms with van der Waals surface area (Å²) in [6.07, 6.45) is 9.84. The highest BCUT2D eigenvalue weighted by molar-refractivity contribution is 5.98. The molecule has 0 radical (unpaired) electrons. The van der Waals surface area contributed by atoms with Crippen LogP contribution in [-0.2, 0) is 9.59 Å². The van der Waals surface area contributed by atoms with Crippen LogP contribution in [0.4, 0.5) is 0 Å². The van der Waals surface area contributed by atoms with Crippen molar-refractivity contribution < 1.29 is 19.8 Å². The fraction of sp³-hybridized carbons (Fsp3) is 0.444. The lowest BCUT2D eigenvalue weighted by Crippen LogP contribution is -2.49. The number of rotatable bonds is 4. The first-order chi connectivity index (χ1) is 10.0.